The zero-order chi connectivity index (χ0) is 13.8. The Kier molecular flexibility index (Phi) is 4.09. The monoisotopic (exact) mass is 264 g/mol. The fraction of sp³-hybridized carbons (Fsp3) is 0.538. The van der Waals surface area contributed by atoms with Crippen LogP contribution in [-0.2, 0) is 11.3 Å². The summed E-state index contributed by atoms with van der Waals surface area (Å²) in [6.45, 7) is 4.33. The van der Waals surface area contributed by atoms with E-state index in [1.165, 1.54) is 0 Å². The lowest BCUT2D eigenvalue weighted by molar-refractivity contribution is -0.120. The molecule has 6 nitrogen and oxygen atoms in total. The number of carbonyl (C=O) groups is 2. The van der Waals surface area contributed by atoms with Crippen LogP contribution in [0.3, 0.4) is 0 Å². The zero-order valence-electron chi connectivity index (χ0n) is 11.2. The molecule has 0 saturated carbocycles. The second-order valence-electron chi connectivity index (χ2n) is 4.74. The molecule has 2 heterocycles. The second kappa shape index (κ2) is 5.77. The fourth-order valence-corrected chi connectivity index (χ4v) is 2.27. The number of aromatic nitrogens is 1. The summed E-state index contributed by atoms with van der Waals surface area (Å²) in [5.41, 5.74) is 6.98. The van der Waals surface area contributed by atoms with E-state index >= 15 is 0 Å². The van der Waals surface area contributed by atoms with E-state index in [2.05, 4.69) is 12.2 Å². The van der Waals surface area contributed by atoms with Crippen molar-refractivity contribution >= 4 is 17.5 Å². The molecule has 0 radical (unpaired) electrons. The number of rotatable bonds is 3. The predicted molar refractivity (Wildman–Crippen MR) is 72.7 cm³/mol. The molecule has 0 unspecified atom stereocenters. The average Bonchev–Trinajstić information content (AvgIpc) is 2.60. The minimum absolute atomic E-state index is 0.00115. The smallest absolute Gasteiger partial charge is 0.270 e. The van der Waals surface area contributed by atoms with E-state index in [4.69, 9.17) is 5.73 Å². The highest BCUT2D eigenvalue weighted by Crippen LogP contribution is 2.14. The van der Waals surface area contributed by atoms with Crippen LogP contribution >= 0.6 is 0 Å². The van der Waals surface area contributed by atoms with Crippen LogP contribution in [0.4, 0.5) is 5.69 Å². The molecule has 0 aliphatic carbocycles. The van der Waals surface area contributed by atoms with Crippen LogP contribution in [0.25, 0.3) is 0 Å². The van der Waals surface area contributed by atoms with E-state index in [9.17, 15) is 9.59 Å². The van der Waals surface area contributed by atoms with Gasteiger partial charge in [-0.05, 0) is 12.5 Å². The average molecular weight is 264 g/mol. The number of anilines is 1. The van der Waals surface area contributed by atoms with Gasteiger partial charge in [-0.25, -0.2) is 0 Å². The summed E-state index contributed by atoms with van der Waals surface area (Å²) in [4.78, 5) is 25.5. The highest BCUT2D eigenvalue weighted by molar-refractivity contribution is 5.94. The van der Waals surface area contributed by atoms with Crippen molar-refractivity contribution in [2.75, 3.05) is 25.4 Å². The molecule has 6 heteroatoms. The number of carbonyl (C=O) groups excluding carboxylic acids is 2. The first-order valence-corrected chi connectivity index (χ1v) is 6.63. The predicted octanol–water partition coefficient (Wildman–Crippen LogP) is 0.442. The summed E-state index contributed by atoms with van der Waals surface area (Å²) in [6.07, 6.45) is 3.09. The largest absolute Gasteiger partial charge is 0.397 e. The van der Waals surface area contributed by atoms with Gasteiger partial charge >= 0.3 is 0 Å². The molecule has 0 bridgehead atoms. The Bertz CT molecular complexity index is 481. The Morgan fingerprint density at radius 2 is 2.26 bits per heavy atom. The molecule has 1 aromatic rings. The molecule has 1 saturated heterocycles. The van der Waals surface area contributed by atoms with Gasteiger partial charge in [-0.15, -0.1) is 0 Å². The summed E-state index contributed by atoms with van der Waals surface area (Å²) in [6, 6.07) is 1.71. The van der Waals surface area contributed by atoms with Gasteiger partial charge in [0.05, 0.1) is 5.69 Å². The molecule has 1 aliphatic heterocycles. The molecule has 0 aromatic carbocycles. The summed E-state index contributed by atoms with van der Waals surface area (Å²) in [5, 5.41) is 2.76. The molecule has 1 fully saturated rings. The normalized spacial score (nSPS) is 16.1. The van der Waals surface area contributed by atoms with Crippen LogP contribution in [0.2, 0.25) is 0 Å². The SMILES string of the molecule is CCCn1cc(N)cc1C(=O)N1CCNC(=O)CC1. The fourth-order valence-electron chi connectivity index (χ4n) is 2.27. The zero-order valence-corrected chi connectivity index (χ0v) is 11.2. The van der Waals surface area contributed by atoms with Crippen LogP contribution in [0, 0.1) is 0 Å². The highest BCUT2D eigenvalue weighted by Gasteiger charge is 2.22. The molecular weight excluding hydrogens is 244 g/mol. The maximum absolute atomic E-state index is 12.5. The van der Waals surface area contributed by atoms with E-state index in [1.54, 1.807) is 17.2 Å². The van der Waals surface area contributed by atoms with Gasteiger partial charge in [-0.2, -0.15) is 0 Å². The number of nitrogens with one attached hydrogen (secondary N) is 1. The standard InChI is InChI=1S/C13H20N4O2/c1-2-5-17-9-10(14)8-11(17)13(19)16-6-3-12(18)15-4-7-16/h8-9H,2-7,14H2,1H3,(H,15,18). The van der Waals surface area contributed by atoms with E-state index in [0.717, 1.165) is 13.0 Å². The molecule has 2 amide bonds. The molecule has 3 N–H and O–H groups in total. The van der Waals surface area contributed by atoms with Gasteiger partial charge in [0.15, 0.2) is 0 Å². The maximum Gasteiger partial charge on any atom is 0.270 e. The van der Waals surface area contributed by atoms with Crippen LogP contribution in [0.15, 0.2) is 12.3 Å². The van der Waals surface area contributed by atoms with Crippen molar-refractivity contribution in [3.8, 4) is 0 Å². The molecule has 0 spiro atoms. The Labute approximate surface area is 112 Å². The molecule has 104 valence electrons. The third-order valence-corrected chi connectivity index (χ3v) is 3.20. The second-order valence-corrected chi connectivity index (χ2v) is 4.74. The van der Waals surface area contributed by atoms with E-state index in [-0.39, 0.29) is 11.8 Å². The topological polar surface area (TPSA) is 80.4 Å². The van der Waals surface area contributed by atoms with Crippen molar-refractivity contribution < 1.29 is 9.59 Å². The number of aryl methyl sites for hydroxylation is 1. The summed E-state index contributed by atoms with van der Waals surface area (Å²) >= 11 is 0. The van der Waals surface area contributed by atoms with Gasteiger partial charge in [-0.3, -0.25) is 9.59 Å². The van der Waals surface area contributed by atoms with Crippen LogP contribution < -0.4 is 11.1 Å². The first-order chi connectivity index (χ1) is 9.11. The van der Waals surface area contributed by atoms with Gasteiger partial charge < -0.3 is 20.5 Å². The first-order valence-electron chi connectivity index (χ1n) is 6.63. The molecule has 0 atom stereocenters. The van der Waals surface area contributed by atoms with Gasteiger partial charge in [0.25, 0.3) is 5.91 Å². The third kappa shape index (κ3) is 3.07. The Hall–Kier alpha value is -1.98. The number of hydrogen-bond acceptors (Lipinski definition) is 3. The van der Waals surface area contributed by atoms with E-state index in [0.29, 0.717) is 37.4 Å². The number of nitrogens with two attached hydrogens (primary N) is 1. The van der Waals surface area contributed by atoms with Crippen molar-refractivity contribution in [2.24, 2.45) is 0 Å². The van der Waals surface area contributed by atoms with Gasteiger partial charge in [0, 0.05) is 38.8 Å². The Morgan fingerprint density at radius 3 is 3.00 bits per heavy atom. The third-order valence-electron chi connectivity index (χ3n) is 3.20. The van der Waals surface area contributed by atoms with Crippen LogP contribution in [0.5, 0.6) is 0 Å². The number of nitrogen functional groups attached to an aromatic ring is 1. The van der Waals surface area contributed by atoms with Crippen molar-refractivity contribution in [1.82, 2.24) is 14.8 Å². The summed E-state index contributed by atoms with van der Waals surface area (Å²) < 4.78 is 1.89. The van der Waals surface area contributed by atoms with Crippen molar-refractivity contribution in [1.29, 1.82) is 0 Å². The molecular formula is C13H20N4O2. The molecule has 1 aliphatic rings. The first kappa shape index (κ1) is 13.5. The van der Waals surface area contributed by atoms with Crippen molar-refractivity contribution in [3.63, 3.8) is 0 Å². The van der Waals surface area contributed by atoms with Crippen molar-refractivity contribution in [2.45, 2.75) is 26.3 Å². The lowest BCUT2D eigenvalue weighted by Crippen LogP contribution is -2.35. The minimum Gasteiger partial charge on any atom is -0.397 e. The quantitative estimate of drug-likeness (QED) is 0.831. The number of hydrogen-bond donors (Lipinski definition) is 2. The van der Waals surface area contributed by atoms with Gasteiger partial charge in [0.2, 0.25) is 5.91 Å². The number of nitrogens with zero attached hydrogens (tertiary/aromatic N) is 2. The van der Waals surface area contributed by atoms with Crippen molar-refractivity contribution in [3.05, 3.63) is 18.0 Å². The number of amides is 2. The van der Waals surface area contributed by atoms with Crippen LogP contribution in [0.1, 0.15) is 30.3 Å². The van der Waals surface area contributed by atoms with Crippen LogP contribution in [-0.4, -0.2) is 40.9 Å². The van der Waals surface area contributed by atoms with E-state index in [1.807, 2.05) is 4.57 Å². The van der Waals surface area contributed by atoms with E-state index < -0.39 is 0 Å². The van der Waals surface area contributed by atoms with Gasteiger partial charge in [-0.1, -0.05) is 6.92 Å². The Morgan fingerprint density at radius 1 is 1.47 bits per heavy atom. The molecule has 19 heavy (non-hydrogen) atoms. The molecule has 1 aromatic heterocycles. The van der Waals surface area contributed by atoms with Gasteiger partial charge in [0.1, 0.15) is 5.69 Å². The lowest BCUT2D eigenvalue weighted by atomic mass is 10.3. The maximum atomic E-state index is 12.5. The molecule has 2 rings (SSSR count). The summed E-state index contributed by atoms with van der Waals surface area (Å²) in [7, 11) is 0. The highest BCUT2D eigenvalue weighted by atomic mass is 16.2. The lowest BCUT2D eigenvalue weighted by Gasteiger charge is -2.20. The summed E-state index contributed by atoms with van der Waals surface area (Å²) in [5.74, 6) is -0.0552. The Balaban J connectivity index is 2.16. The minimum atomic E-state index is -0.0540.